The smallest absolute Gasteiger partial charge is 0.305 e. The number of nitrogens with one attached hydrogen (secondary N) is 1. The minimum Gasteiger partial charge on any atom is -0.469 e. The van der Waals surface area contributed by atoms with Crippen molar-refractivity contribution in [1.82, 2.24) is 19.6 Å². The number of hydrogen-bond acceptors (Lipinski definition) is 5. The maximum absolute atomic E-state index is 11.0. The van der Waals surface area contributed by atoms with E-state index in [1.165, 1.54) is 7.11 Å². The first-order chi connectivity index (χ1) is 8.10. The summed E-state index contributed by atoms with van der Waals surface area (Å²) < 4.78 is 6.80. The lowest BCUT2D eigenvalue weighted by molar-refractivity contribution is -0.140. The van der Waals surface area contributed by atoms with Crippen molar-refractivity contribution in [1.29, 1.82) is 0 Å². The van der Waals surface area contributed by atoms with Gasteiger partial charge in [-0.2, -0.15) is 4.98 Å². The SMILES string of the molecule is COC(=O)CCc1cc(=S)n2[nH]c(C)nc2n1. The molecule has 0 radical (unpaired) electrons. The monoisotopic (exact) mass is 252 g/mol. The van der Waals surface area contributed by atoms with Crippen LogP contribution in [0.4, 0.5) is 0 Å². The third kappa shape index (κ3) is 2.50. The molecule has 0 aliphatic rings. The number of hydrogen-bond donors (Lipinski definition) is 1. The van der Waals surface area contributed by atoms with Gasteiger partial charge in [-0.15, -0.1) is 0 Å². The van der Waals surface area contributed by atoms with Crippen molar-refractivity contribution in [3.63, 3.8) is 0 Å². The molecular weight excluding hydrogens is 240 g/mol. The van der Waals surface area contributed by atoms with E-state index in [-0.39, 0.29) is 12.4 Å². The molecule has 0 bridgehead atoms. The summed E-state index contributed by atoms with van der Waals surface area (Å²) in [4.78, 5) is 19.5. The predicted octanol–water partition coefficient (Wildman–Crippen LogP) is 1.20. The fourth-order valence-electron chi connectivity index (χ4n) is 1.49. The largest absolute Gasteiger partial charge is 0.469 e. The quantitative estimate of drug-likeness (QED) is 0.656. The Kier molecular flexibility index (Phi) is 3.19. The summed E-state index contributed by atoms with van der Waals surface area (Å²) in [6, 6.07) is 1.75. The number of fused-ring (bicyclic) bond motifs is 1. The summed E-state index contributed by atoms with van der Waals surface area (Å²) in [5.74, 6) is 1.01. The number of aromatic nitrogens is 4. The highest BCUT2D eigenvalue weighted by molar-refractivity contribution is 7.71. The van der Waals surface area contributed by atoms with Gasteiger partial charge in [0.2, 0.25) is 0 Å². The molecule has 7 heteroatoms. The number of carbonyl (C=O) groups excluding carboxylic acids is 1. The van der Waals surface area contributed by atoms with Crippen molar-refractivity contribution in [2.45, 2.75) is 19.8 Å². The molecule has 2 heterocycles. The average Bonchev–Trinajstić information content (AvgIpc) is 2.67. The Labute approximate surface area is 103 Å². The van der Waals surface area contributed by atoms with E-state index in [1.807, 2.05) is 6.92 Å². The maximum atomic E-state index is 11.0. The Bertz CT molecular complexity index is 616. The van der Waals surface area contributed by atoms with E-state index in [2.05, 4.69) is 19.8 Å². The van der Waals surface area contributed by atoms with Gasteiger partial charge < -0.3 is 4.74 Å². The van der Waals surface area contributed by atoms with Gasteiger partial charge in [0.15, 0.2) is 0 Å². The normalized spacial score (nSPS) is 10.7. The highest BCUT2D eigenvalue weighted by Gasteiger charge is 2.06. The van der Waals surface area contributed by atoms with Gasteiger partial charge >= 0.3 is 5.97 Å². The van der Waals surface area contributed by atoms with Gasteiger partial charge in [-0.25, -0.2) is 9.50 Å². The molecule has 0 aliphatic carbocycles. The van der Waals surface area contributed by atoms with Crippen LogP contribution < -0.4 is 0 Å². The van der Waals surface area contributed by atoms with Crippen molar-refractivity contribution < 1.29 is 9.53 Å². The summed E-state index contributed by atoms with van der Waals surface area (Å²) in [6.07, 6.45) is 0.788. The van der Waals surface area contributed by atoms with E-state index < -0.39 is 0 Å². The van der Waals surface area contributed by atoms with Gasteiger partial charge in [0.05, 0.1) is 13.5 Å². The minimum atomic E-state index is -0.260. The molecule has 2 aromatic rings. The molecule has 17 heavy (non-hydrogen) atoms. The second kappa shape index (κ2) is 4.62. The van der Waals surface area contributed by atoms with Crippen molar-refractivity contribution in [3.8, 4) is 0 Å². The number of rotatable bonds is 3. The van der Waals surface area contributed by atoms with E-state index >= 15 is 0 Å². The highest BCUT2D eigenvalue weighted by Crippen LogP contribution is 2.05. The molecule has 0 amide bonds. The van der Waals surface area contributed by atoms with Crippen LogP contribution >= 0.6 is 12.2 Å². The van der Waals surface area contributed by atoms with Gasteiger partial charge in [0.1, 0.15) is 10.5 Å². The number of methoxy groups -OCH3 is 1. The van der Waals surface area contributed by atoms with E-state index in [0.29, 0.717) is 16.8 Å². The summed E-state index contributed by atoms with van der Waals surface area (Å²) in [6.45, 7) is 1.83. The standard InChI is InChI=1S/C10H12N4O2S/c1-6-11-10-12-7(3-4-9(15)16-2)5-8(17)14(10)13-6/h5H,3-4H2,1-2H3,(H,11,12,13). The van der Waals surface area contributed by atoms with Crippen LogP contribution in [-0.4, -0.2) is 32.7 Å². The minimum absolute atomic E-state index is 0.260. The van der Waals surface area contributed by atoms with Gasteiger partial charge in [0.25, 0.3) is 5.78 Å². The molecule has 0 saturated carbocycles. The van der Waals surface area contributed by atoms with Crippen molar-refractivity contribution in [3.05, 3.63) is 22.2 Å². The lowest BCUT2D eigenvalue weighted by Gasteiger charge is -2.00. The average molecular weight is 252 g/mol. The Balaban J connectivity index is 2.30. The molecule has 0 aromatic carbocycles. The van der Waals surface area contributed by atoms with Crippen LogP contribution in [0.3, 0.4) is 0 Å². The zero-order valence-electron chi connectivity index (χ0n) is 9.56. The molecule has 1 N–H and O–H groups in total. The Morgan fingerprint density at radius 1 is 1.59 bits per heavy atom. The Morgan fingerprint density at radius 3 is 3.06 bits per heavy atom. The van der Waals surface area contributed by atoms with Gasteiger partial charge in [-0.3, -0.25) is 9.89 Å². The third-order valence-corrected chi connectivity index (χ3v) is 2.61. The van der Waals surface area contributed by atoms with Crippen molar-refractivity contribution in [2.24, 2.45) is 0 Å². The van der Waals surface area contributed by atoms with Crippen LogP contribution in [0.1, 0.15) is 17.9 Å². The molecular formula is C10H12N4O2S. The molecule has 0 atom stereocenters. The number of carbonyl (C=O) groups is 1. The summed E-state index contributed by atoms with van der Waals surface area (Å²) >= 11 is 5.20. The number of nitrogens with zero attached hydrogens (tertiary/aromatic N) is 3. The van der Waals surface area contributed by atoms with Crippen LogP contribution in [0.2, 0.25) is 0 Å². The molecule has 2 rings (SSSR count). The summed E-state index contributed by atoms with van der Waals surface area (Å²) in [5.41, 5.74) is 0.743. The maximum Gasteiger partial charge on any atom is 0.305 e. The first kappa shape index (κ1) is 11.7. The Morgan fingerprint density at radius 2 is 2.35 bits per heavy atom. The fourth-order valence-corrected chi connectivity index (χ4v) is 1.76. The molecule has 0 saturated heterocycles. The first-order valence-corrected chi connectivity index (χ1v) is 5.53. The van der Waals surface area contributed by atoms with Gasteiger partial charge in [-0.1, -0.05) is 12.2 Å². The molecule has 90 valence electrons. The first-order valence-electron chi connectivity index (χ1n) is 5.12. The summed E-state index contributed by atoms with van der Waals surface area (Å²) in [5, 5.41) is 2.98. The van der Waals surface area contributed by atoms with Gasteiger partial charge in [-0.05, 0) is 13.0 Å². The number of ether oxygens (including phenoxy) is 1. The van der Waals surface area contributed by atoms with E-state index in [9.17, 15) is 4.79 Å². The van der Waals surface area contributed by atoms with E-state index in [0.717, 1.165) is 11.5 Å². The van der Waals surface area contributed by atoms with Crippen LogP contribution in [0.15, 0.2) is 6.07 Å². The third-order valence-electron chi connectivity index (χ3n) is 2.31. The van der Waals surface area contributed by atoms with Crippen LogP contribution in [0.25, 0.3) is 5.78 Å². The lowest BCUT2D eigenvalue weighted by Crippen LogP contribution is -2.04. The van der Waals surface area contributed by atoms with Crippen LogP contribution in [0, 0.1) is 11.6 Å². The second-order valence-electron chi connectivity index (χ2n) is 3.61. The lowest BCUT2D eigenvalue weighted by atomic mass is 10.2. The second-order valence-corrected chi connectivity index (χ2v) is 4.02. The number of esters is 1. The molecule has 0 unspecified atom stereocenters. The van der Waals surface area contributed by atoms with E-state index in [4.69, 9.17) is 12.2 Å². The number of H-pyrrole nitrogens is 1. The highest BCUT2D eigenvalue weighted by atomic mass is 32.1. The summed E-state index contributed by atoms with van der Waals surface area (Å²) in [7, 11) is 1.37. The molecule has 0 aliphatic heterocycles. The van der Waals surface area contributed by atoms with Crippen molar-refractivity contribution in [2.75, 3.05) is 7.11 Å². The Hall–Kier alpha value is -1.76. The van der Waals surface area contributed by atoms with Crippen molar-refractivity contribution >= 4 is 24.0 Å². The molecule has 0 spiro atoms. The topological polar surface area (TPSA) is 72.3 Å². The van der Waals surface area contributed by atoms with Crippen LogP contribution in [0.5, 0.6) is 0 Å². The van der Waals surface area contributed by atoms with Crippen LogP contribution in [-0.2, 0) is 16.0 Å². The zero-order valence-corrected chi connectivity index (χ0v) is 10.4. The molecule has 0 fully saturated rings. The zero-order chi connectivity index (χ0) is 12.4. The van der Waals surface area contributed by atoms with Gasteiger partial charge in [0, 0.05) is 12.1 Å². The van der Waals surface area contributed by atoms with E-state index in [1.54, 1.807) is 10.6 Å². The molecule has 2 aromatic heterocycles. The fraction of sp³-hybridized carbons (Fsp3) is 0.400. The number of aryl methyl sites for hydroxylation is 2. The number of aromatic amines is 1. The molecule has 6 nitrogen and oxygen atoms in total. The predicted molar refractivity (Wildman–Crippen MR) is 63.2 cm³/mol.